The average molecular weight is 233 g/mol. The van der Waals surface area contributed by atoms with Crippen molar-refractivity contribution in [3.63, 3.8) is 0 Å². The van der Waals surface area contributed by atoms with Crippen molar-refractivity contribution in [3.8, 4) is 0 Å². The summed E-state index contributed by atoms with van der Waals surface area (Å²) in [5, 5.41) is 3.61. The maximum atomic E-state index is 4.40. The predicted molar refractivity (Wildman–Crippen MR) is 72.1 cm³/mol. The Labute approximate surface area is 104 Å². The molecule has 0 aromatic carbocycles. The molecule has 0 bridgehead atoms. The first kappa shape index (κ1) is 12.2. The van der Waals surface area contributed by atoms with Crippen molar-refractivity contribution in [2.75, 3.05) is 5.32 Å². The lowest BCUT2D eigenvalue weighted by molar-refractivity contribution is 0.216. The highest BCUT2D eigenvalue weighted by atomic mass is 15.2. The lowest BCUT2D eigenvalue weighted by atomic mass is 9.73. The molecule has 1 saturated carbocycles. The van der Waals surface area contributed by atoms with Crippen LogP contribution >= 0.6 is 0 Å². The molecule has 1 aliphatic rings. The van der Waals surface area contributed by atoms with Crippen molar-refractivity contribution >= 4 is 5.95 Å². The second-order valence-electron chi connectivity index (χ2n) is 5.62. The maximum Gasteiger partial charge on any atom is 0.203 e. The van der Waals surface area contributed by atoms with Crippen LogP contribution in [0, 0.1) is 5.41 Å². The highest BCUT2D eigenvalue weighted by molar-refractivity contribution is 5.29. The minimum Gasteiger partial charge on any atom is -0.352 e. The van der Waals surface area contributed by atoms with Gasteiger partial charge in [-0.1, -0.05) is 32.8 Å². The molecule has 2 rings (SSSR count). The molecule has 1 atom stereocenters. The molecule has 3 nitrogen and oxygen atoms in total. The maximum absolute atomic E-state index is 4.40. The van der Waals surface area contributed by atoms with Gasteiger partial charge in [-0.05, 0) is 18.3 Å². The number of imidazole rings is 1. The number of rotatable bonds is 4. The number of hydrogen-bond acceptors (Lipinski definition) is 2. The Morgan fingerprint density at radius 3 is 3.12 bits per heavy atom. The van der Waals surface area contributed by atoms with Gasteiger partial charge in [-0.2, -0.15) is 0 Å². The molecule has 0 aliphatic heterocycles. The fraction of sp³-hybridized carbons (Fsp3) is 0.643. The normalized spacial score (nSPS) is 23.3. The topological polar surface area (TPSA) is 29.9 Å². The van der Waals surface area contributed by atoms with Crippen LogP contribution in [-0.2, 0) is 6.54 Å². The number of hydrogen-bond donors (Lipinski definition) is 1. The van der Waals surface area contributed by atoms with Gasteiger partial charge in [-0.3, -0.25) is 0 Å². The highest BCUT2D eigenvalue weighted by Gasteiger charge is 2.32. The first-order chi connectivity index (χ1) is 8.13. The molecule has 1 N–H and O–H groups in total. The van der Waals surface area contributed by atoms with Crippen LogP contribution in [0.3, 0.4) is 0 Å². The third-order valence-corrected chi connectivity index (χ3v) is 3.85. The summed E-state index contributed by atoms with van der Waals surface area (Å²) in [5.41, 5.74) is 0.364. The Hall–Kier alpha value is -1.25. The molecule has 1 aromatic heterocycles. The molecule has 1 aromatic rings. The molecular formula is C14H23N3. The van der Waals surface area contributed by atoms with Gasteiger partial charge >= 0.3 is 0 Å². The summed E-state index contributed by atoms with van der Waals surface area (Å²) in [6.07, 6.45) is 11.0. The van der Waals surface area contributed by atoms with Crippen molar-refractivity contribution in [3.05, 3.63) is 25.0 Å². The third-order valence-electron chi connectivity index (χ3n) is 3.85. The number of aromatic nitrogens is 2. The van der Waals surface area contributed by atoms with E-state index in [1.165, 1.54) is 25.7 Å². The van der Waals surface area contributed by atoms with Gasteiger partial charge in [0.1, 0.15) is 0 Å². The zero-order chi connectivity index (χ0) is 12.3. The largest absolute Gasteiger partial charge is 0.352 e. The first-order valence-electron chi connectivity index (χ1n) is 6.52. The van der Waals surface area contributed by atoms with Crippen molar-refractivity contribution in [2.45, 2.75) is 52.1 Å². The van der Waals surface area contributed by atoms with Gasteiger partial charge in [-0.15, -0.1) is 6.58 Å². The van der Waals surface area contributed by atoms with E-state index in [0.29, 0.717) is 11.5 Å². The van der Waals surface area contributed by atoms with Gasteiger partial charge < -0.3 is 9.88 Å². The summed E-state index contributed by atoms with van der Waals surface area (Å²) in [7, 11) is 0. The number of anilines is 1. The molecule has 94 valence electrons. The monoisotopic (exact) mass is 233 g/mol. The van der Waals surface area contributed by atoms with Crippen LogP contribution in [-0.4, -0.2) is 15.6 Å². The molecule has 17 heavy (non-hydrogen) atoms. The van der Waals surface area contributed by atoms with Crippen LogP contribution in [0.25, 0.3) is 0 Å². The number of nitrogens with one attached hydrogen (secondary N) is 1. The van der Waals surface area contributed by atoms with Crippen LogP contribution in [0.2, 0.25) is 0 Å². The lowest BCUT2D eigenvalue weighted by Gasteiger charge is -2.39. The number of allylic oxidation sites excluding steroid dienone is 1. The van der Waals surface area contributed by atoms with E-state index in [1.807, 2.05) is 18.5 Å². The minimum atomic E-state index is 0.364. The summed E-state index contributed by atoms with van der Waals surface area (Å²) >= 11 is 0. The Balaban J connectivity index is 2.08. The van der Waals surface area contributed by atoms with Gasteiger partial charge in [0.2, 0.25) is 5.95 Å². The summed E-state index contributed by atoms with van der Waals surface area (Å²) in [4.78, 5) is 4.40. The Morgan fingerprint density at radius 1 is 1.59 bits per heavy atom. The molecule has 0 amide bonds. The SMILES string of the molecule is C=CCn1ccnc1NC1CCCCC1(C)C. The molecule has 0 spiro atoms. The summed E-state index contributed by atoms with van der Waals surface area (Å²) < 4.78 is 2.11. The minimum absolute atomic E-state index is 0.364. The van der Waals surface area contributed by atoms with Gasteiger partial charge in [0.15, 0.2) is 0 Å². The Kier molecular flexibility index (Phi) is 3.55. The van der Waals surface area contributed by atoms with Crippen molar-refractivity contribution in [2.24, 2.45) is 5.41 Å². The van der Waals surface area contributed by atoms with Crippen LogP contribution in [0.1, 0.15) is 39.5 Å². The zero-order valence-electron chi connectivity index (χ0n) is 10.9. The summed E-state index contributed by atoms with van der Waals surface area (Å²) in [6, 6.07) is 0.530. The van der Waals surface area contributed by atoms with Gasteiger partial charge in [0.25, 0.3) is 0 Å². The fourth-order valence-corrected chi connectivity index (χ4v) is 2.65. The molecule has 3 heteroatoms. The number of nitrogens with zero attached hydrogens (tertiary/aromatic N) is 2. The van der Waals surface area contributed by atoms with Crippen LogP contribution in [0.4, 0.5) is 5.95 Å². The fourth-order valence-electron chi connectivity index (χ4n) is 2.65. The van der Waals surface area contributed by atoms with Crippen LogP contribution < -0.4 is 5.32 Å². The zero-order valence-corrected chi connectivity index (χ0v) is 10.9. The molecule has 1 aliphatic carbocycles. The second kappa shape index (κ2) is 4.94. The third kappa shape index (κ3) is 2.71. The smallest absolute Gasteiger partial charge is 0.203 e. The van der Waals surface area contributed by atoms with Gasteiger partial charge in [0, 0.05) is 25.0 Å². The van der Waals surface area contributed by atoms with E-state index in [0.717, 1.165) is 12.5 Å². The summed E-state index contributed by atoms with van der Waals surface area (Å²) in [5.74, 6) is 0.977. The first-order valence-corrected chi connectivity index (χ1v) is 6.52. The summed E-state index contributed by atoms with van der Waals surface area (Å²) in [6.45, 7) is 9.29. The van der Waals surface area contributed by atoms with E-state index >= 15 is 0 Å². The van der Waals surface area contributed by atoms with Crippen molar-refractivity contribution in [1.29, 1.82) is 0 Å². The molecule has 1 unspecified atom stereocenters. The van der Waals surface area contributed by atoms with Gasteiger partial charge in [0.05, 0.1) is 0 Å². The predicted octanol–water partition coefficient (Wildman–Crippen LogP) is 3.45. The quantitative estimate of drug-likeness (QED) is 0.807. The van der Waals surface area contributed by atoms with E-state index in [1.54, 1.807) is 0 Å². The van der Waals surface area contributed by atoms with E-state index in [4.69, 9.17) is 0 Å². The van der Waals surface area contributed by atoms with E-state index in [-0.39, 0.29) is 0 Å². The molecule has 1 fully saturated rings. The van der Waals surface area contributed by atoms with Crippen molar-refractivity contribution < 1.29 is 0 Å². The molecule has 0 saturated heterocycles. The molecule has 0 radical (unpaired) electrons. The Bertz CT molecular complexity index is 379. The average Bonchev–Trinajstić information content (AvgIpc) is 2.70. The van der Waals surface area contributed by atoms with E-state index in [2.05, 4.69) is 35.3 Å². The Morgan fingerprint density at radius 2 is 2.41 bits per heavy atom. The molecular weight excluding hydrogens is 210 g/mol. The van der Waals surface area contributed by atoms with Crippen molar-refractivity contribution in [1.82, 2.24) is 9.55 Å². The van der Waals surface area contributed by atoms with E-state index in [9.17, 15) is 0 Å². The van der Waals surface area contributed by atoms with Crippen LogP contribution in [0.15, 0.2) is 25.0 Å². The second-order valence-corrected chi connectivity index (χ2v) is 5.62. The van der Waals surface area contributed by atoms with Crippen LogP contribution in [0.5, 0.6) is 0 Å². The molecule has 1 heterocycles. The highest BCUT2D eigenvalue weighted by Crippen LogP contribution is 2.36. The standard InChI is InChI=1S/C14H23N3/c1-4-10-17-11-9-15-13(17)16-12-7-5-6-8-14(12,2)3/h4,9,11-12H,1,5-8,10H2,2-3H3,(H,15,16). The lowest BCUT2D eigenvalue weighted by Crippen LogP contribution is -2.39. The van der Waals surface area contributed by atoms with E-state index < -0.39 is 0 Å². The van der Waals surface area contributed by atoms with Gasteiger partial charge in [-0.25, -0.2) is 4.98 Å².